The van der Waals surface area contributed by atoms with E-state index in [9.17, 15) is 0 Å². The zero-order chi connectivity index (χ0) is 14.0. The molecule has 0 amide bonds. The van der Waals surface area contributed by atoms with Gasteiger partial charge >= 0.3 is 0 Å². The first-order valence-corrected chi connectivity index (χ1v) is 7.07. The van der Waals surface area contributed by atoms with Crippen LogP contribution in [-0.4, -0.2) is 15.0 Å². The Kier molecular flexibility index (Phi) is 3.71. The van der Waals surface area contributed by atoms with Crippen LogP contribution in [0.4, 0.5) is 11.6 Å². The van der Waals surface area contributed by atoms with E-state index in [1.54, 1.807) is 11.3 Å². The van der Waals surface area contributed by atoms with Gasteiger partial charge in [0.2, 0.25) is 0 Å². The van der Waals surface area contributed by atoms with Crippen LogP contribution in [-0.2, 0) is 12.0 Å². The van der Waals surface area contributed by atoms with Crippen LogP contribution < -0.4 is 11.1 Å². The van der Waals surface area contributed by atoms with Gasteiger partial charge in [-0.2, -0.15) is 0 Å². The summed E-state index contributed by atoms with van der Waals surface area (Å²) in [7, 11) is 0. The molecule has 0 aliphatic carbocycles. The van der Waals surface area contributed by atoms with E-state index < -0.39 is 0 Å². The van der Waals surface area contributed by atoms with E-state index >= 15 is 0 Å². The van der Waals surface area contributed by atoms with Gasteiger partial charge < -0.3 is 11.1 Å². The van der Waals surface area contributed by atoms with Crippen LogP contribution in [0, 0.1) is 6.92 Å². The average molecular weight is 277 g/mol. The van der Waals surface area contributed by atoms with Gasteiger partial charge in [-0.3, -0.25) is 0 Å². The highest BCUT2D eigenvalue weighted by Crippen LogP contribution is 2.24. The van der Waals surface area contributed by atoms with Crippen LogP contribution in [0.5, 0.6) is 0 Å². The minimum atomic E-state index is -0.126. The smallest absolute Gasteiger partial charge is 0.138 e. The summed E-state index contributed by atoms with van der Waals surface area (Å²) in [5.74, 6) is 2.06. The Morgan fingerprint density at radius 3 is 2.63 bits per heavy atom. The molecule has 3 N–H and O–H groups in total. The molecule has 2 heterocycles. The van der Waals surface area contributed by atoms with Crippen molar-refractivity contribution in [1.82, 2.24) is 15.0 Å². The van der Waals surface area contributed by atoms with E-state index in [2.05, 4.69) is 41.0 Å². The number of thiazole rings is 1. The van der Waals surface area contributed by atoms with Crippen molar-refractivity contribution in [3.05, 3.63) is 28.0 Å². The van der Waals surface area contributed by atoms with Gasteiger partial charge in [-0.05, 0) is 6.92 Å². The number of nitrogens with two attached hydrogens (primary N) is 1. The van der Waals surface area contributed by atoms with Crippen LogP contribution >= 0.6 is 11.3 Å². The highest BCUT2D eigenvalue weighted by molar-refractivity contribution is 7.07. The zero-order valence-corrected chi connectivity index (χ0v) is 12.5. The molecule has 2 aromatic rings. The Hall–Kier alpha value is -1.69. The molecule has 0 fully saturated rings. The lowest BCUT2D eigenvalue weighted by molar-refractivity contribution is 0.546. The normalized spacial score (nSPS) is 11.6. The van der Waals surface area contributed by atoms with Crippen LogP contribution in [0.3, 0.4) is 0 Å². The Balaban J connectivity index is 2.26. The Morgan fingerprint density at radius 1 is 1.32 bits per heavy atom. The molecule has 0 aromatic carbocycles. The topological polar surface area (TPSA) is 76.7 Å². The number of nitrogen functional groups attached to an aromatic ring is 1. The maximum absolute atomic E-state index is 5.96. The maximum Gasteiger partial charge on any atom is 0.138 e. The van der Waals surface area contributed by atoms with Gasteiger partial charge in [0.25, 0.3) is 0 Å². The van der Waals surface area contributed by atoms with Crippen molar-refractivity contribution in [3.8, 4) is 0 Å². The van der Waals surface area contributed by atoms with Gasteiger partial charge in [0.05, 0.1) is 17.7 Å². The maximum atomic E-state index is 5.96. The molecule has 102 valence electrons. The van der Waals surface area contributed by atoms with E-state index in [1.807, 2.05) is 17.8 Å². The van der Waals surface area contributed by atoms with Gasteiger partial charge in [-0.1, -0.05) is 20.8 Å². The van der Waals surface area contributed by atoms with E-state index in [1.165, 1.54) is 0 Å². The third kappa shape index (κ3) is 3.20. The lowest BCUT2D eigenvalue weighted by atomic mass is 9.95. The van der Waals surface area contributed by atoms with E-state index in [0.29, 0.717) is 12.4 Å². The molecule has 6 heteroatoms. The largest absolute Gasteiger partial charge is 0.383 e. The Morgan fingerprint density at radius 2 is 2.05 bits per heavy atom. The number of rotatable bonds is 3. The van der Waals surface area contributed by atoms with Crippen LogP contribution in [0.2, 0.25) is 0 Å². The number of hydrogen-bond acceptors (Lipinski definition) is 6. The summed E-state index contributed by atoms with van der Waals surface area (Å²) in [4.78, 5) is 13.2. The zero-order valence-electron chi connectivity index (χ0n) is 11.7. The molecule has 0 saturated carbocycles. The van der Waals surface area contributed by atoms with Crippen LogP contribution in [0.15, 0.2) is 10.9 Å². The minimum Gasteiger partial charge on any atom is -0.383 e. The second kappa shape index (κ2) is 5.13. The third-order valence-corrected chi connectivity index (χ3v) is 3.41. The van der Waals surface area contributed by atoms with Gasteiger partial charge in [0, 0.05) is 16.4 Å². The van der Waals surface area contributed by atoms with Crippen molar-refractivity contribution in [2.45, 2.75) is 39.7 Å². The molecule has 0 spiro atoms. The molecule has 0 bridgehead atoms. The summed E-state index contributed by atoms with van der Waals surface area (Å²) in [6.45, 7) is 8.78. The highest BCUT2D eigenvalue weighted by atomic mass is 32.1. The summed E-state index contributed by atoms with van der Waals surface area (Å²) in [6, 6.07) is 0. The van der Waals surface area contributed by atoms with Crippen molar-refractivity contribution >= 4 is 23.0 Å². The van der Waals surface area contributed by atoms with E-state index in [4.69, 9.17) is 5.73 Å². The molecule has 0 saturated heterocycles. The van der Waals surface area contributed by atoms with E-state index in [0.717, 1.165) is 22.9 Å². The first kappa shape index (κ1) is 13.7. The lowest BCUT2D eigenvalue weighted by Gasteiger charge is -2.19. The van der Waals surface area contributed by atoms with Crippen molar-refractivity contribution in [3.63, 3.8) is 0 Å². The van der Waals surface area contributed by atoms with Crippen LogP contribution in [0.25, 0.3) is 0 Å². The molecule has 2 aromatic heterocycles. The summed E-state index contributed by atoms with van der Waals surface area (Å²) >= 11 is 1.58. The number of hydrogen-bond donors (Lipinski definition) is 2. The van der Waals surface area contributed by atoms with Crippen molar-refractivity contribution < 1.29 is 0 Å². The summed E-state index contributed by atoms with van der Waals surface area (Å²) in [5.41, 5.74) is 9.53. The molecule has 0 unspecified atom stereocenters. The standard InChI is InChI=1S/C13H19N5S/c1-8-10(14)17-12(13(2,3)4)18-11(8)15-5-9-6-19-7-16-9/h6-7H,5H2,1-4H3,(H3,14,15,17,18). The fraction of sp³-hybridized carbons (Fsp3) is 0.462. The predicted octanol–water partition coefficient (Wildman–Crippen LogP) is 2.73. The molecule has 2 rings (SSSR count). The number of nitrogens with one attached hydrogen (secondary N) is 1. The minimum absolute atomic E-state index is 0.126. The SMILES string of the molecule is Cc1c(N)nc(C(C)(C)C)nc1NCc1cscn1. The molecular formula is C13H19N5S. The predicted molar refractivity (Wildman–Crippen MR) is 79.3 cm³/mol. The Labute approximate surface area is 117 Å². The third-order valence-electron chi connectivity index (χ3n) is 2.77. The molecular weight excluding hydrogens is 258 g/mol. The van der Waals surface area contributed by atoms with Crippen LogP contribution in [0.1, 0.15) is 37.9 Å². The highest BCUT2D eigenvalue weighted by Gasteiger charge is 2.20. The molecule has 19 heavy (non-hydrogen) atoms. The summed E-state index contributed by atoms with van der Waals surface area (Å²) in [5, 5.41) is 5.29. The first-order valence-electron chi connectivity index (χ1n) is 6.13. The quantitative estimate of drug-likeness (QED) is 0.902. The lowest BCUT2D eigenvalue weighted by Crippen LogP contribution is -2.19. The molecule has 0 aliphatic rings. The molecule has 0 aliphatic heterocycles. The monoisotopic (exact) mass is 277 g/mol. The summed E-state index contributed by atoms with van der Waals surface area (Å²) in [6.07, 6.45) is 0. The fourth-order valence-corrected chi connectivity index (χ4v) is 2.10. The summed E-state index contributed by atoms with van der Waals surface area (Å²) < 4.78 is 0. The van der Waals surface area contributed by atoms with Crippen molar-refractivity contribution in [1.29, 1.82) is 0 Å². The molecule has 0 radical (unpaired) electrons. The van der Waals surface area contributed by atoms with Gasteiger partial charge in [0.1, 0.15) is 17.5 Å². The fourth-order valence-electron chi connectivity index (χ4n) is 1.54. The van der Waals surface area contributed by atoms with E-state index in [-0.39, 0.29) is 5.41 Å². The first-order chi connectivity index (χ1) is 8.88. The number of anilines is 2. The van der Waals surface area contributed by atoms with Crippen molar-refractivity contribution in [2.75, 3.05) is 11.1 Å². The number of aromatic nitrogens is 3. The second-order valence-corrected chi connectivity index (χ2v) is 6.21. The van der Waals surface area contributed by atoms with Crippen molar-refractivity contribution in [2.24, 2.45) is 0 Å². The van der Waals surface area contributed by atoms with Gasteiger partial charge in [-0.15, -0.1) is 11.3 Å². The molecule has 5 nitrogen and oxygen atoms in total. The van der Waals surface area contributed by atoms with Gasteiger partial charge in [-0.25, -0.2) is 15.0 Å². The number of nitrogens with zero attached hydrogens (tertiary/aromatic N) is 3. The second-order valence-electron chi connectivity index (χ2n) is 5.49. The Bertz CT molecular complexity index is 557. The van der Waals surface area contributed by atoms with Gasteiger partial charge in [0.15, 0.2) is 0 Å². The average Bonchev–Trinajstić information content (AvgIpc) is 2.82. The molecule has 0 atom stereocenters.